The summed E-state index contributed by atoms with van der Waals surface area (Å²) in [7, 11) is 0. The second-order valence-corrected chi connectivity index (χ2v) is 16.4. The van der Waals surface area contributed by atoms with Crippen molar-refractivity contribution in [1.29, 1.82) is 0 Å². The van der Waals surface area contributed by atoms with Crippen molar-refractivity contribution >= 4 is 83.4 Å². The molecule has 0 aliphatic rings. The zero-order valence-electron chi connectivity index (χ0n) is 29.9. The normalized spacial score (nSPS) is 11.6. The molecule has 3 heteroatoms. The van der Waals surface area contributed by atoms with E-state index in [9.17, 15) is 0 Å². The van der Waals surface area contributed by atoms with E-state index >= 15 is 0 Å². The molecular formula is C52H34N2Se. The number of aromatic nitrogens is 1. The Morgan fingerprint density at radius 3 is 1.89 bits per heavy atom. The van der Waals surface area contributed by atoms with E-state index in [-0.39, 0.29) is 0 Å². The van der Waals surface area contributed by atoms with Crippen molar-refractivity contribution in [3.63, 3.8) is 0 Å². The summed E-state index contributed by atoms with van der Waals surface area (Å²) < 4.78 is 5.34. The molecule has 0 N–H and O–H groups in total. The fourth-order valence-corrected chi connectivity index (χ4v) is 10.7. The molecule has 0 saturated carbocycles. The van der Waals surface area contributed by atoms with E-state index in [0.29, 0.717) is 14.5 Å². The van der Waals surface area contributed by atoms with Crippen molar-refractivity contribution in [2.75, 3.05) is 4.90 Å². The summed E-state index contributed by atoms with van der Waals surface area (Å²) in [6, 6.07) is 75.7. The molecule has 2 aromatic heterocycles. The molecule has 11 aromatic rings. The number of hydrogen-bond donors (Lipinski definition) is 0. The first-order valence-corrected chi connectivity index (χ1v) is 20.5. The monoisotopic (exact) mass is 766 g/mol. The van der Waals surface area contributed by atoms with Gasteiger partial charge in [-0.05, 0) is 29.0 Å². The van der Waals surface area contributed by atoms with Crippen LogP contribution in [0.3, 0.4) is 0 Å². The Balaban J connectivity index is 1.12. The van der Waals surface area contributed by atoms with Gasteiger partial charge in [-0.15, -0.1) is 0 Å². The Bertz CT molecular complexity index is 3200. The maximum atomic E-state index is 2.44. The van der Waals surface area contributed by atoms with E-state index < -0.39 is 0 Å². The van der Waals surface area contributed by atoms with Gasteiger partial charge in [0.25, 0.3) is 0 Å². The van der Waals surface area contributed by atoms with E-state index in [1.165, 1.54) is 74.1 Å². The minimum absolute atomic E-state index is 0.361. The molecule has 0 fully saturated rings. The van der Waals surface area contributed by atoms with Crippen molar-refractivity contribution in [3.05, 3.63) is 206 Å². The van der Waals surface area contributed by atoms with E-state index in [2.05, 4.69) is 216 Å². The summed E-state index contributed by atoms with van der Waals surface area (Å²) in [5.74, 6) is 0. The van der Waals surface area contributed by atoms with Gasteiger partial charge >= 0.3 is 187 Å². The molecule has 258 valence electrons. The van der Waals surface area contributed by atoms with Crippen molar-refractivity contribution < 1.29 is 0 Å². The zero-order valence-corrected chi connectivity index (χ0v) is 31.6. The van der Waals surface area contributed by atoms with E-state index in [1.54, 1.807) is 0 Å². The Morgan fingerprint density at radius 1 is 0.364 bits per heavy atom. The molecule has 0 aliphatic carbocycles. The van der Waals surface area contributed by atoms with Gasteiger partial charge in [-0.2, -0.15) is 0 Å². The number of fused-ring (bicyclic) bond motifs is 7. The average molecular weight is 766 g/mol. The fourth-order valence-electron chi connectivity index (χ4n) is 8.45. The molecule has 0 saturated heterocycles. The number of nitrogens with zero attached hydrogens (tertiary/aromatic N) is 2. The molecule has 9 aromatic carbocycles. The Morgan fingerprint density at radius 2 is 1.00 bits per heavy atom. The molecular weight excluding hydrogens is 732 g/mol. The van der Waals surface area contributed by atoms with Crippen molar-refractivity contribution in [1.82, 2.24) is 4.57 Å². The summed E-state index contributed by atoms with van der Waals surface area (Å²) in [4.78, 5) is 2.44. The van der Waals surface area contributed by atoms with Crippen LogP contribution in [0.5, 0.6) is 0 Å². The van der Waals surface area contributed by atoms with E-state index in [4.69, 9.17) is 0 Å². The first-order valence-electron chi connectivity index (χ1n) is 18.8. The smallest absolute Gasteiger partial charge is 0.0602 e. The van der Waals surface area contributed by atoms with Crippen molar-refractivity contribution in [3.8, 4) is 27.9 Å². The van der Waals surface area contributed by atoms with Crippen LogP contribution >= 0.6 is 0 Å². The first-order chi connectivity index (χ1) is 27.3. The van der Waals surface area contributed by atoms with Crippen molar-refractivity contribution in [2.24, 2.45) is 0 Å². The van der Waals surface area contributed by atoms with Gasteiger partial charge in [-0.1, -0.05) is 84.9 Å². The minimum Gasteiger partial charge on any atom is -0.0602 e. The second-order valence-electron chi connectivity index (χ2n) is 14.1. The molecule has 0 aliphatic heterocycles. The van der Waals surface area contributed by atoms with Crippen LogP contribution < -0.4 is 4.90 Å². The molecule has 0 atom stereocenters. The summed E-state index contributed by atoms with van der Waals surface area (Å²) >= 11 is 0.361. The van der Waals surface area contributed by atoms with Crippen LogP contribution in [0, 0.1) is 0 Å². The first kappa shape index (κ1) is 31.8. The quantitative estimate of drug-likeness (QED) is 0.153. The third kappa shape index (κ3) is 5.32. The van der Waals surface area contributed by atoms with Gasteiger partial charge in [-0.25, -0.2) is 0 Å². The van der Waals surface area contributed by atoms with Gasteiger partial charge in [0.05, 0.1) is 5.52 Å². The van der Waals surface area contributed by atoms with Crippen molar-refractivity contribution in [2.45, 2.75) is 0 Å². The molecule has 2 heterocycles. The number of anilines is 3. The number of rotatable bonds is 6. The molecule has 0 bridgehead atoms. The van der Waals surface area contributed by atoms with Gasteiger partial charge in [-0.3, -0.25) is 0 Å². The van der Waals surface area contributed by atoms with Crippen LogP contribution in [0.4, 0.5) is 17.1 Å². The van der Waals surface area contributed by atoms with E-state index in [1.807, 2.05) is 0 Å². The van der Waals surface area contributed by atoms with Gasteiger partial charge in [0.2, 0.25) is 0 Å². The molecule has 55 heavy (non-hydrogen) atoms. The van der Waals surface area contributed by atoms with Crippen LogP contribution in [0.15, 0.2) is 206 Å². The molecule has 0 amide bonds. The summed E-state index contributed by atoms with van der Waals surface area (Å²) in [5.41, 5.74) is 11.7. The Labute approximate surface area is 325 Å². The Hall–Kier alpha value is -6.64. The standard InChI is InChI=1S/C52H34N2Se/c1-2-15-38(16-3-1)54-49-23-10-7-19-44(49)45-31-30-40(34-50(45)54)53(48-22-9-6-18-43(48)42-21-12-14-36-13-4-5-17-41(36)42)39-28-25-35(26-29-39)37-27-32-52-47(33-37)46-20-8-11-24-51(46)55-52/h1-34H. The number of benzene rings is 9. The van der Waals surface area contributed by atoms with Gasteiger partial charge in [0, 0.05) is 16.5 Å². The van der Waals surface area contributed by atoms with E-state index in [0.717, 1.165) is 22.7 Å². The summed E-state index contributed by atoms with van der Waals surface area (Å²) in [6.07, 6.45) is 0. The summed E-state index contributed by atoms with van der Waals surface area (Å²) in [6.45, 7) is 0. The van der Waals surface area contributed by atoms with Crippen LogP contribution in [-0.2, 0) is 0 Å². The summed E-state index contributed by atoms with van der Waals surface area (Å²) in [5, 5.41) is 7.73. The molecule has 11 rings (SSSR count). The molecule has 2 nitrogen and oxygen atoms in total. The average Bonchev–Trinajstić information content (AvgIpc) is 3.79. The third-order valence-electron chi connectivity index (χ3n) is 11.0. The van der Waals surface area contributed by atoms with Crippen LogP contribution in [0.2, 0.25) is 0 Å². The minimum atomic E-state index is 0.361. The topological polar surface area (TPSA) is 8.17 Å². The van der Waals surface area contributed by atoms with Gasteiger partial charge in [0.15, 0.2) is 0 Å². The van der Waals surface area contributed by atoms with Crippen LogP contribution in [0.1, 0.15) is 0 Å². The number of para-hydroxylation sites is 3. The van der Waals surface area contributed by atoms with Crippen LogP contribution in [-0.4, -0.2) is 19.1 Å². The maximum absolute atomic E-state index is 2.44. The molecule has 0 spiro atoms. The Kier molecular flexibility index (Phi) is 7.55. The zero-order chi connectivity index (χ0) is 36.3. The van der Waals surface area contributed by atoms with Gasteiger partial charge in [0.1, 0.15) is 0 Å². The third-order valence-corrected chi connectivity index (χ3v) is 13.4. The van der Waals surface area contributed by atoms with Crippen LogP contribution in [0.25, 0.3) is 79.8 Å². The van der Waals surface area contributed by atoms with Gasteiger partial charge < -0.3 is 4.57 Å². The predicted octanol–water partition coefficient (Wildman–Crippen LogP) is 14.1. The predicted molar refractivity (Wildman–Crippen MR) is 236 cm³/mol. The number of hydrogen-bond acceptors (Lipinski definition) is 1. The SMILES string of the molecule is c1ccc(-n2c3ccccc3c3ccc(N(c4ccc(-c5ccc6[se]c7ccccc7c6c5)cc4)c4ccccc4-c4cccc5ccccc45)cc32)cc1. The molecule has 0 radical (unpaired) electrons. The second kappa shape index (κ2) is 13.0. The fraction of sp³-hybridized carbons (Fsp3) is 0. The molecule has 0 unspecified atom stereocenters.